The Labute approximate surface area is 185 Å². The number of benzene rings is 2. The Kier molecular flexibility index (Phi) is 5.61. The standard InChI is InChI=1S/C22H15BrN2O4S/c1-13-2-9-17(10-3-13)30-19-11-8-16(29-19)12-18-20(26)24-22(28)25(21(18)27)15-6-4-14(23)5-7-15/h2-12H,1H3,(H,24,26,28)/b18-12-. The zero-order valence-electron chi connectivity index (χ0n) is 15.7. The van der Waals surface area contributed by atoms with Gasteiger partial charge in [0.25, 0.3) is 11.8 Å². The first-order valence-corrected chi connectivity index (χ1v) is 10.5. The highest BCUT2D eigenvalue weighted by Crippen LogP contribution is 2.30. The Balaban J connectivity index is 1.59. The molecule has 1 aliphatic rings. The van der Waals surface area contributed by atoms with Crippen LogP contribution in [0.5, 0.6) is 0 Å². The quantitative estimate of drug-likeness (QED) is 0.409. The van der Waals surface area contributed by atoms with Crippen LogP contribution in [0.2, 0.25) is 0 Å². The van der Waals surface area contributed by atoms with Crippen molar-refractivity contribution in [3.05, 3.63) is 82.0 Å². The van der Waals surface area contributed by atoms with Gasteiger partial charge >= 0.3 is 6.03 Å². The Morgan fingerprint density at radius 2 is 1.67 bits per heavy atom. The molecule has 1 aliphatic heterocycles. The summed E-state index contributed by atoms with van der Waals surface area (Å²) in [5.41, 5.74) is 1.34. The highest BCUT2D eigenvalue weighted by atomic mass is 79.9. The zero-order chi connectivity index (χ0) is 21.3. The van der Waals surface area contributed by atoms with Crippen LogP contribution in [0.15, 0.2) is 85.1 Å². The lowest BCUT2D eigenvalue weighted by Crippen LogP contribution is -2.54. The number of halogens is 1. The van der Waals surface area contributed by atoms with Gasteiger partial charge in [-0.05, 0) is 61.5 Å². The van der Waals surface area contributed by atoms with Gasteiger partial charge in [-0.1, -0.05) is 45.4 Å². The molecule has 3 aromatic rings. The van der Waals surface area contributed by atoms with Crippen LogP contribution in [0.25, 0.3) is 6.08 Å². The largest absolute Gasteiger partial charge is 0.450 e. The van der Waals surface area contributed by atoms with Crippen molar-refractivity contribution in [3.63, 3.8) is 0 Å². The number of aryl methyl sites for hydroxylation is 1. The van der Waals surface area contributed by atoms with E-state index in [0.29, 0.717) is 16.5 Å². The fourth-order valence-corrected chi connectivity index (χ4v) is 3.86. The van der Waals surface area contributed by atoms with Gasteiger partial charge in [0.05, 0.1) is 5.69 Å². The van der Waals surface area contributed by atoms with E-state index in [1.165, 1.54) is 17.8 Å². The van der Waals surface area contributed by atoms with Crippen LogP contribution in [0, 0.1) is 6.92 Å². The number of imide groups is 2. The number of rotatable bonds is 4. The van der Waals surface area contributed by atoms with Gasteiger partial charge in [-0.25, -0.2) is 9.69 Å². The second kappa shape index (κ2) is 8.33. The molecule has 1 N–H and O–H groups in total. The number of barbiturate groups is 1. The first-order valence-electron chi connectivity index (χ1n) is 8.92. The van der Waals surface area contributed by atoms with E-state index in [1.807, 2.05) is 31.2 Å². The van der Waals surface area contributed by atoms with Crippen molar-refractivity contribution >= 4 is 57.3 Å². The number of amides is 4. The topological polar surface area (TPSA) is 79.6 Å². The molecule has 2 aromatic carbocycles. The van der Waals surface area contributed by atoms with Gasteiger partial charge in [-0.2, -0.15) is 0 Å². The van der Waals surface area contributed by atoms with Gasteiger partial charge < -0.3 is 4.42 Å². The number of carbonyl (C=O) groups is 3. The summed E-state index contributed by atoms with van der Waals surface area (Å²) in [5.74, 6) is -1.13. The molecule has 0 spiro atoms. The molecule has 0 saturated carbocycles. The van der Waals surface area contributed by atoms with Crippen molar-refractivity contribution in [2.24, 2.45) is 0 Å². The van der Waals surface area contributed by atoms with Crippen molar-refractivity contribution < 1.29 is 18.8 Å². The molecule has 0 unspecified atom stereocenters. The predicted molar refractivity (Wildman–Crippen MR) is 117 cm³/mol. The number of hydrogen-bond acceptors (Lipinski definition) is 5. The molecule has 6 nitrogen and oxygen atoms in total. The molecule has 4 rings (SSSR count). The minimum absolute atomic E-state index is 0.182. The maximum absolute atomic E-state index is 12.9. The van der Waals surface area contributed by atoms with Gasteiger partial charge in [0.1, 0.15) is 11.3 Å². The van der Waals surface area contributed by atoms with Crippen molar-refractivity contribution in [1.29, 1.82) is 0 Å². The van der Waals surface area contributed by atoms with Gasteiger partial charge in [0.15, 0.2) is 5.09 Å². The van der Waals surface area contributed by atoms with E-state index < -0.39 is 17.8 Å². The number of carbonyl (C=O) groups excluding carboxylic acids is 3. The Morgan fingerprint density at radius 1 is 0.967 bits per heavy atom. The maximum Gasteiger partial charge on any atom is 0.335 e. The lowest BCUT2D eigenvalue weighted by atomic mass is 10.1. The van der Waals surface area contributed by atoms with E-state index in [9.17, 15) is 14.4 Å². The molecular formula is C22H15BrN2O4S. The van der Waals surface area contributed by atoms with Crippen molar-refractivity contribution in [3.8, 4) is 0 Å². The van der Waals surface area contributed by atoms with Crippen LogP contribution in [0.1, 0.15) is 11.3 Å². The monoisotopic (exact) mass is 482 g/mol. The first-order chi connectivity index (χ1) is 14.4. The van der Waals surface area contributed by atoms with Gasteiger partial charge in [0, 0.05) is 9.37 Å². The third-order valence-corrected chi connectivity index (χ3v) is 5.77. The van der Waals surface area contributed by atoms with E-state index in [0.717, 1.165) is 19.8 Å². The molecule has 30 heavy (non-hydrogen) atoms. The minimum Gasteiger partial charge on any atom is -0.450 e. The number of hydrogen-bond donors (Lipinski definition) is 1. The Morgan fingerprint density at radius 3 is 2.37 bits per heavy atom. The van der Waals surface area contributed by atoms with Crippen LogP contribution in [-0.2, 0) is 9.59 Å². The smallest absolute Gasteiger partial charge is 0.335 e. The molecule has 4 amide bonds. The normalized spacial score (nSPS) is 15.6. The average molecular weight is 483 g/mol. The zero-order valence-corrected chi connectivity index (χ0v) is 18.1. The van der Waals surface area contributed by atoms with Gasteiger partial charge in [-0.15, -0.1) is 0 Å². The molecule has 1 fully saturated rings. The van der Waals surface area contributed by atoms with Crippen LogP contribution >= 0.6 is 27.7 Å². The van der Waals surface area contributed by atoms with Crippen molar-refractivity contribution in [2.75, 3.05) is 4.90 Å². The number of anilines is 1. The fourth-order valence-electron chi connectivity index (χ4n) is 2.81. The lowest BCUT2D eigenvalue weighted by Gasteiger charge is -2.26. The molecule has 150 valence electrons. The molecule has 0 radical (unpaired) electrons. The lowest BCUT2D eigenvalue weighted by molar-refractivity contribution is -0.122. The maximum atomic E-state index is 12.9. The summed E-state index contributed by atoms with van der Waals surface area (Å²) < 4.78 is 6.55. The summed E-state index contributed by atoms with van der Waals surface area (Å²) in [6, 6.07) is 17.3. The minimum atomic E-state index is -0.792. The molecular weight excluding hydrogens is 468 g/mol. The first kappa shape index (κ1) is 20.2. The average Bonchev–Trinajstić information content (AvgIpc) is 3.15. The van der Waals surface area contributed by atoms with Crippen LogP contribution in [-0.4, -0.2) is 17.8 Å². The second-order valence-corrected chi connectivity index (χ2v) is 8.50. The fraction of sp³-hybridized carbons (Fsp3) is 0.0455. The summed E-state index contributed by atoms with van der Waals surface area (Å²) in [4.78, 5) is 39.3. The number of urea groups is 1. The van der Waals surface area contributed by atoms with E-state index in [4.69, 9.17) is 4.42 Å². The number of furan rings is 1. The van der Waals surface area contributed by atoms with E-state index in [2.05, 4.69) is 21.2 Å². The predicted octanol–water partition coefficient (Wildman–Crippen LogP) is 5.17. The van der Waals surface area contributed by atoms with Crippen LogP contribution in [0.3, 0.4) is 0 Å². The molecule has 1 saturated heterocycles. The van der Waals surface area contributed by atoms with Crippen LogP contribution < -0.4 is 10.2 Å². The Bertz CT molecular complexity index is 1170. The third-order valence-electron chi connectivity index (χ3n) is 4.31. The summed E-state index contributed by atoms with van der Waals surface area (Å²) >= 11 is 4.74. The summed E-state index contributed by atoms with van der Waals surface area (Å²) in [5, 5.41) is 2.82. The molecule has 0 bridgehead atoms. The second-order valence-electron chi connectivity index (χ2n) is 6.51. The van der Waals surface area contributed by atoms with E-state index in [-0.39, 0.29) is 5.57 Å². The van der Waals surface area contributed by atoms with Crippen molar-refractivity contribution in [2.45, 2.75) is 16.9 Å². The van der Waals surface area contributed by atoms with E-state index in [1.54, 1.807) is 36.4 Å². The highest BCUT2D eigenvalue weighted by molar-refractivity contribution is 9.10. The summed E-state index contributed by atoms with van der Waals surface area (Å²) in [6.45, 7) is 2.01. The summed E-state index contributed by atoms with van der Waals surface area (Å²) in [7, 11) is 0. The molecule has 0 atom stereocenters. The summed E-state index contributed by atoms with van der Waals surface area (Å²) in [6.07, 6.45) is 1.34. The van der Waals surface area contributed by atoms with Gasteiger partial charge in [-0.3, -0.25) is 14.9 Å². The number of nitrogens with one attached hydrogen (secondary N) is 1. The third kappa shape index (κ3) is 4.24. The van der Waals surface area contributed by atoms with E-state index >= 15 is 0 Å². The van der Waals surface area contributed by atoms with Crippen molar-refractivity contribution in [1.82, 2.24) is 5.32 Å². The molecule has 2 heterocycles. The highest BCUT2D eigenvalue weighted by Gasteiger charge is 2.37. The van der Waals surface area contributed by atoms with Crippen LogP contribution in [0.4, 0.5) is 10.5 Å². The Hall–Kier alpha value is -3.10. The molecule has 1 aromatic heterocycles. The number of nitrogens with zero attached hydrogens (tertiary/aromatic N) is 1. The SMILES string of the molecule is Cc1ccc(Sc2ccc(/C=C3/C(=O)NC(=O)N(c4ccc(Br)cc4)C3=O)o2)cc1. The molecule has 8 heteroatoms. The van der Waals surface area contributed by atoms with Gasteiger partial charge in [0.2, 0.25) is 0 Å². The molecule has 0 aliphatic carbocycles.